The van der Waals surface area contributed by atoms with E-state index in [0.717, 1.165) is 5.56 Å². The van der Waals surface area contributed by atoms with Crippen LogP contribution in [-0.2, 0) is 24.8 Å². The van der Waals surface area contributed by atoms with Crippen LogP contribution in [0.3, 0.4) is 0 Å². The zero-order valence-corrected chi connectivity index (χ0v) is 8.29. The van der Waals surface area contributed by atoms with E-state index in [1.807, 2.05) is 6.07 Å². The van der Waals surface area contributed by atoms with Gasteiger partial charge in [0.2, 0.25) is 0 Å². The Balaban J connectivity index is 2.54. The van der Waals surface area contributed by atoms with Crippen molar-refractivity contribution in [1.82, 2.24) is 0 Å². The van der Waals surface area contributed by atoms with Gasteiger partial charge in [0.1, 0.15) is 0 Å². The third kappa shape index (κ3) is 3.77. The largest absolute Gasteiger partial charge is 0.410 e. The average molecular weight is 220 g/mol. The highest BCUT2D eigenvalue weighted by atomic mass is 32.3. The van der Waals surface area contributed by atoms with E-state index in [1.54, 1.807) is 24.3 Å². The van der Waals surface area contributed by atoms with Crippen LogP contribution in [-0.4, -0.2) is 8.42 Å². The molecule has 1 rings (SSSR count). The molecule has 0 bridgehead atoms. The molecule has 0 amide bonds. The minimum absolute atomic E-state index is 0.0519. The number of thiol groups is 1. The zero-order chi connectivity index (χ0) is 9.73. The number of hydrogen-bond acceptors (Lipinski definition) is 5. The van der Waals surface area contributed by atoms with Gasteiger partial charge < -0.3 is 0 Å². The van der Waals surface area contributed by atoms with E-state index in [4.69, 9.17) is 0 Å². The Morgan fingerprint density at radius 2 is 1.85 bits per heavy atom. The van der Waals surface area contributed by atoms with Gasteiger partial charge in [-0.2, -0.15) is 12.0 Å². The summed E-state index contributed by atoms with van der Waals surface area (Å²) in [6.45, 7) is -0.0519. The Morgan fingerprint density at radius 3 is 2.38 bits per heavy atom. The molecule has 13 heavy (non-hydrogen) atoms. The van der Waals surface area contributed by atoms with Gasteiger partial charge in [0.15, 0.2) is 0 Å². The predicted octanol–water partition coefficient (Wildman–Crippen LogP) is 1.31. The van der Waals surface area contributed by atoms with Crippen LogP contribution in [0.5, 0.6) is 0 Å². The Morgan fingerprint density at radius 1 is 1.23 bits per heavy atom. The third-order valence-electron chi connectivity index (χ3n) is 1.30. The minimum Gasteiger partial charge on any atom is -0.243 e. The van der Waals surface area contributed by atoms with E-state index in [0.29, 0.717) is 0 Å². The fourth-order valence-corrected chi connectivity index (χ4v) is 1.19. The van der Waals surface area contributed by atoms with Crippen molar-refractivity contribution < 1.29 is 16.2 Å². The van der Waals surface area contributed by atoms with E-state index in [9.17, 15) is 8.42 Å². The van der Waals surface area contributed by atoms with Crippen molar-refractivity contribution in [3.8, 4) is 0 Å². The number of rotatable bonds is 4. The molecular weight excluding hydrogens is 212 g/mol. The summed E-state index contributed by atoms with van der Waals surface area (Å²) in [5.41, 5.74) is 0.747. The maximum absolute atomic E-state index is 10.7. The lowest BCUT2D eigenvalue weighted by Gasteiger charge is -2.01. The van der Waals surface area contributed by atoms with Gasteiger partial charge >= 0.3 is 10.4 Å². The van der Waals surface area contributed by atoms with Crippen molar-refractivity contribution in [3.05, 3.63) is 35.9 Å². The van der Waals surface area contributed by atoms with Gasteiger partial charge in [-0.1, -0.05) is 30.3 Å². The van der Waals surface area contributed by atoms with Gasteiger partial charge in [0.05, 0.1) is 6.61 Å². The van der Waals surface area contributed by atoms with Gasteiger partial charge in [0.25, 0.3) is 0 Å². The smallest absolute Gasteiger partial charge is 0.243 e. The average Bonchev–Trinajstić information content (AvgIpc) is 2.17. The van der Waals surface area contributed by atoms with Crippen LogP contribution in [0.25, 0.3) is 0 Å². The Kier molecular flexibility index (Phi) is 3.73. The third-order valence-corrected chi connectivity index (χ3v) is 2.44. The maximum Gasteiger partial charge on any atom is 0.410 e. The van der Waals surface area contributed by atoms with E-state index in [-0.39, 0.29) is 6.61 Å². The first-order valence-corrected chi connectivity index (χ1v) is 5.10. The van der Waals surface area contributed by atoms with Crippen LogP contribution in [0.1, 0.15) is 5.56 Å². The molecule has 0 unspecified atom stereocenters. The summed E-state index contributed by atoms with van der Waals surface area (Å²) < 4.78 is 29.5. The standard InChI is InChI=1S/C7H8O4S2/c8-13(9,11-12)10-6-7-4-2-1-3-5-7/h1-5,12H,6H2. The molecule has 0 radical (unpaired) electrons. The van der Waals surface area contributed by atoms with Crippen molar-refractivity contribution in [3.63, 3.8) is 0 Å². The molecule has 6 heteroatoms. The number of hydrogen-bond donors (Lipinski definition) is 1. The molecule has 0 heterocycles. The summed E-state index contributed by atoms with van der Waals surface area (Å²) in [6.07, 6.45) is 0. The monoisotopic (exact) mass is 220 g/mol. The normalized spacial score (nSPS) is 11.5. The van der Waals surface area contributed by atoms with Crippen LogP contribution in [0, 0.1) is 0 Å². The van der Waals surface area contributed by atoms with Gasteiger partial charge in [-0.25, -0.2) is 4.18 Å². The van der Waals surface area contributed by atoms with Crippen molar-refractivity contribution in [2.45, 2.75) is 6.61 Å². The Hall–Kier alpha value is -0.560. The fourth-order valence-electron chi connectivity index (χ4n) is 0.736. The van der Waals surface area contributed by atoms with E-state index >= 15 is 0 Å². The molecule has 0 fully saturated rings. The Bertz CT molecular complexity index is 346. The first-order chi connectivity index (χ1) is 6.14. The summed E-state index contributed by atoms with van der Waals surface area (Å²) in [5.74, 6) is 0. The van der Waals surface area contributed by atoms with E-state index < -0.39 is 10.4 Å². The van der Waals surface area contributed by atoms with Crippen LogP contribution in [0.4, 0.5) is 0 Å². The van der Waals surface area contributed by atoms with Crippen molar-refractivity contribution in [2.24, 2.45) is 0 Å². The second-order valence-corrected chi connectivity index (χ2v) is 3.88. The molecule has 72 valence electrons. The first-order valence-electron chi connectivity index (χ1n) is 3.40. The van der Waals surface area contributed by atoms with Gasteiger partial charge in [-0.15, -0.1) is 0 Å². The number of benzene rings is 1. The fraction of sp³-hybridized carbons (Fsp3) is 0.143. The van der Waals surface area contributed by atoms with Gasteiger partial charge in [-0.3, -0.25) is 0 Å². The van der Waals surface area contributed by atoms with Crippen LogP contribution >= 0.6 is 12.9 Å². The molecule has 0 aliphatic rings. The summed E-state index contributed by atoms with van der Waals surface area (Å²) in [6, 6.07) is 8.88. The molecule has 0 aliphatic heterocycles. The highest BCUT2D eigenvalue weighted by Crippen LogP contribution is 2.05. The summed E-state index contributed by atoms with van der Waals surface area (Å²) in [4.78, 5) is 0. The molecular formula is C7H8O4S2. The summed E-state index contributed by atoms with van der Waals surface area (Å²) >= 11 is 3.13. The zero-order valence-electron chi connectivity index (χ0n) is 6.58. The van der Waals surface area contributed by atoms with Crippen LogP contribution in [0.2, 0.25) is 0 Å². The molecule has 0 atom stereocenters. The first kappa shape index (κ1) is 10.5. The predicted molar refractivity (Wildman–Crippen MR) is 50.2 cm³/mol. The second-order valence-electron chi connectivity index (χ2n) is 2.23. The minimum atomic E-state index is -3.95. The van der Waals surface area contributed by atoms with Gasteiger partial charge in [-0.05, 0) is 18.5 Å². The lowest BCUT2D eigenvalue weighted by Crippen LogP contribution is -2.04. The maximum atomic E-state index is 10.7. The van der Waals surface area contributed by atoms with Crippen molar-refractivity contribution in [2.75, 3.05) is 0 Å². The van der Waals surface area contributed by atoms with E-state index in [2.05, 4.69) is 20.7 Å². The lowest BCUT2D eigenvalue weighted by molar-refractivity contribution is 0.273. The van der Waals surface area contributed by atoms with Gasteiger partial charge in [0, 0.05) is 0 Å². The molecule has 0 saturated heterocycles. The molecule has 0 aliphatic carbocycles. The second kappa shape index (κ2) is 4.61. The highest BCUT2D eigenvalue weighted by Gasteiger charge is 2.09. The SMILES string of the molecule is O=S(=O)(OS)OCc1ccccc1. The topological polar surface area (TPSA) is 52.6 Å². The Labute approximate surface area is 82.4 Å². The molecule has 0 saturated carbocycles. The molecule has 1 aromatic carbocycles. The molecule has 1 aromatic rings. The molecule has 0 aromatic heterocycles. The van der Waals surface area contributed by atoms with E-state index in [1.165, 1.54) is 0 Å². The van der Waals surface area contributed by atoms with Crippen LogP contribution < -0.4 is 0 Å². The summed E-state index contributed by atoms with van der Waals surface area (Å²) in [5, 5.41) is 0. The quantitative estimate of drug-likeness (QED) is 0.614. The summed E-state index contributed by atoms with van der Waals surface area (Å²) in [7, 11) is -3.95. The highest BCUT2D eigenvalue weighted by molar-refractivity contribution is 7.92. The molecule has 4 nitrogen and oxygen atoms in total. The molecule has 0 N–H and O–H groups in total. The van der Waals surface area contributed by atoms with Crippen molar-refractivity contribution in [1.29, 1.82) is 0 Å². The van der Waals surface area contributed by atoms with Crippen LogP contribution in [0.15, 0.2) is 30.3 Å². The van der Waals surface area contributed by atoms with Crippen molar-refractivity contribution >= 4 is 23.3 Å². The molecule has 0 spiro atoms. The lowest BCUT2D eigenvalue weighted by atomic mass is 10.2.